The average molecular weight is 332 g/mol. The maximum atomic E-state index is 12.6. The number of methoxy groups -OCH3 is 1. The maximum Gasteiger partial charge on any atom is 0.338 e. The first-order valence-corrected chi connectivity index (χ1v) is 8.90. The van der Waals surface area contributed by atoms with Gasteiger partial charge in [0.1, 0.15) is 11.5 Å². The lowest BCUT2D eigenvalue weighted by Crippen LogP contribution is -2.42. The third-order valence-corrected chi connectivity index (χ3v) is 5.14. The molecule has 132 valence electrons. The smallest absolute Gasteiger partial charge is 0.338 e. The third kappa shape index (κ3) is 3.80. The van der Waals surface area contributed by atoms with Gasteiger partial charge in [0, 0.05) is 0 Å². The summed E-state index contributed by atoms with van der Waals surface area (Å²) in [5.41, 5.74) is 0.772. The van der Waals surface area contributed by atoms with Gasteiger partial charge in [-0.15, -0.1) is 0 Å². The fourth-order valence-electron chi connectivity index (χ4n) is 3.72. The molecule has 0 heterocycles. The zero-order valence-corrected chi connectivity index (χ0v) is 15.0. The molecule has 4 nitrogen and oxygen atoms in total. The molecule has 1 aliphatic carbocycles. The number of aryl methyl sites for hydroxylation is 1. The molecule has 24 heavy (non-hydrogen) atoms. The zero-order valence-electron chi connectivity index (χ0n) is 15.0. The summed E-state index contributed by atoms with van der Waals surface area (Å²) in [6.45, 7) is 4.02. The predicted molar refractivity (Wildman–Crippen MR) is 92.8 cm³/mol. The van der Waals surface area contributed by atoms with Crippen LogP contribution in [0.25, 0.3) is 0 Å². The quantitative estimate of drug-likeness (QED) is 0.547. The minimum absolute atomic E-state index is 0.237. The van der Waals surface area contributed by atoms with Gasteiger partial charge in [0.2, 0.25) is 0 Å². The summed E-state index contributed by atoms with van der Waals surface area (Å²) < 4.78 is 10.9. The topological polar surface area (TPSA) is 52.6 Å². The van der Waals surface area contributed by atoms with Crippen molar-refractivity contribution in [3.8, 4) is 0 Å². The molecule has 1 aliphatic rings. The van der Waals surface area contributed by atoms with Gasteiger partial charge >= 0.3 is 11.9 Å². The molecule has 0 N–H and O–H groups in total. The van der Waals surface area contributed by atoms with E-state index in [2.05, 4.69) is 6.92 Å². The second-order valence-electron chi connectivity index (χ2n) is 6.71. The first kappa shape index (κ1) is 18.5. The Morgan fingerprint density at radius 2 is 2.00 bits per heavy atom. The summed E-state index contributed by atoms with van der Waals surface area (Å²) in [5.74, 6) is -0.581. The molecule has 0 spiro atoms. The molecule has 2 atom stereocenters. The average Bonchev–Trinajstić information content (AvgIpc) is 2.98. The Morgan fingerprint density at radius 1 is 1.25 bits per heavy atom. The van der Waals surface area contributed by atoms with E-state index in [9.17, 15) is 9.59 Å². The normalized spacial score (nSPS) is 23.0. The maximum absolute atomic E-state index is 12.6. The highest BCUT2D eigenvalue weighted by molar-refractivity contribution is 5.91. The number of carbonyl (C=O) groups is 2. The first-order valence-electron chi connectivity index (χ1n) is 8.90. The van der Waals surface area contributed by atoms with E-state index in [4.69, 9.17) is 9.47 Å². The van der Waals surface area contributed by atoms with Crippen molar-refractivity contribution in [2.24, 2.45) is 5.41 Å². The monoisotopic (exact) mass is 332 g/mol. The van der Waals surface area contributed by atoms with Crippen LogP contribution >= 0.6 is 0 Å². The van der Waals surface area contributed by atoms with Crippen molar-refractivity contribution < 1.29 is 19.1 Å². The molecule has 2 rings (SSSR count). The van der Waals surface area contributed by atoms with Gasteiger partial charge in [-0.05, 0) is 44.2 Å². The number of ether oxygens (including phenoxy) is 2. The van der Waals surface area contributed by atoms with Gasteiger partial charge in [0.25, 0.3) is 0 Å². The van der Waals surface area contributed by atoms with E-state index in [1.54, 1.807) is 6.07 Å². The first-order chi connectivity index (χ1) is 11.5. The molecular formula is C20H28O4. The molecule has 2 unspecified atom stereocenters. The van der Waals surface area contributed by atoms with Gasteiger partial charge in [-0.25, -0.2) is 4.79 Å². The van der Waals surface area contributed by atoms with Crippen molar-refractivity contribution in [2.45, 2.75) is 64.9 Å². The van der Waals surface area contributed by atoms with Crippen molar-refractivity contribution in [3.63, 3.8) is 0 Å². The molecule has 1 aromatic carbocycles. The molecular weight excluding hydrogens is 304 g/mol. The van der Waals surface area contributed by atoms with Gasteiger partial charge in [-0.3, -0.25) is 4.79 Å². The Balaban J connectivity index is 2.18. The molecule has 0 bridgehead atoms. The SMILES string of the molecule is CCCCCC1(C(=O)OC)CCCC1OC(=O)c1ccccc1C. The number of hydrogen-bond donors (Lipinski definition) is 0. The van der Waals surface area contributed by atoms with Gasteiger partial charge in [0.15, 0.2) is 0 Å². The van der Waals surface area contributed by atoms with E-state index < -0.39 is 11.5 Å². The van der Waals surface area contributed by atoms with E-state index >= 15 is 0 Å². The van der Waals surface area contributed by atoms with E-state index in [1.807, 2.05) is 25.1 Å². The summed E-state index contributed by atoms with van der Waals surface area (Å²) in [5, 5.41) is 0. The van der Waals surface area contributed by atoms with Gasteiger partial charge < -0.3 is 9.47 Å². The van der Waals surface area contributed by atoms with Crippen molar-refractivity contribution in [2.75, 3.05) is 7.11 Å². The van der Waals surface area contributed by atoms with Crippen LogP contribution in [-0.4, -0.2) is 25.2 Å². The summed E-state index contributed by atoms with van der Waals surface area (Å²) in [7, 11) is 1.42. The highest BCUT2D eigenvalue weighted by Gasteiger charge is 2.51. The largest absolute Gasteiger partial charge is 0.468 e. The number of hydrogen-bond acceptors (Lipinski definition) is 4. The molecule has 0 radical (unpaired) electrons. The predicted octanol–water partition coefficient (Wildman–Crippen LogP) is 4.44. The number of esters is 2. The Labute approximate surface area is 144 Å². The van der Waals surface area contributed by atoms with Crippen molar-refractivity contribution in [1.29, 1.82) is 0 Å². The summed E-state index contributed by atoms with van der Waals surface area (Å²) in [6, 6.07) is 7.38. The lowest BCUT2D eigenvalue weighted by Gasteiger charge is -2.32. The summed E-state index contributed by atoms with van der Waals surface area (Å²) >= 11 is 0. The standard InChI is InChI=1S/C20H28O4/c1-4-5-8-13-20(19(22)23-3)14-9-12-17(20)24-18(21)16-11-7-6-10-15(16)2/h6-7,10-11,17H,4-5,8-9,12-14H2,1-3H3. The van der Waals surface area contributed by atoms with Gasteiger partial charge in [-0.1, -0.05) is 44.4 Å². The Hall–Kier alpha value is -1.84. The van der Waals surface area contributed by atoms with E-state index in [0.29, 0.717) is 5.56 Å². The fourth-order valence-corrected chi connectivity index (χ4v) is 3.72. The molecule has 1 aromatic rings. The Bertz CT molecular complexity index is 581. The van der Waals surface area contributed by atoms with Crippen LogP contribution in [0.3, 0.4) is 0 Å². The molecule has 1 fully saturated rings. The highest BCUT2D eigenvalue weighted by atomic mass is 16.6. The van der Waals surface area contributed by atoms with Crippen LogP contribution in [0.15, 0.2) is 24.3 Å². The minimum atomic E-state index is -0.678. The Kier molecular flexibility index (Phi) is 6.41. The molecule has 0 amide bonds. The highest BCUT2D eigenvalue weighted by Crippen LogP contribution is 2.45. The van der Waals surface area contributed by atoms with Crippen molar-refractivity contribution >= 4 is 11.9 Å². The molecule has 0 aliphatic heterocycles. The minimum Gasteiger partial charge on any atom is -0.468 e. The van der Waals surface area contributed by atoms with Crippen LogP contribution in [0.4, 0.5) is 0 Å². The van der Waals surface area contributed by atoms with Crippen LogP contribution < -0.4 is 0 Å². The second-order valence-corrected chi connectivity index (χ2v) is 6.71. The number of carbonyl (C=O) groups excluding carboxylic acids is 2. The van der Waals surface area contributed by atoms with E-state index in [0.717, 1.165) is 50.5 Å². The van der Waals surface area contributed by atoms with E-state index in [-0.39, 0.29) is 11.9 Å². The third-order valence-electron chi connectivity index (χ3n) is 5.14. The van der Waals surface area contributed by atoms with Crippen molar-refractivity contribution in [1.82, 2.24) is 0 Å². The lowest BCUT2D eigenvalue weighted by molar-refractivity contribution is -0.159. The molecule has 0 aromatic heterocycles. The van der Waals surface area contributed by atoms with Crippen LogP contribution in [0.2, 0.25) is 0 Å². The second kappa shape index (κ2) is 8.32. The number of unbranched alkanes of at least 4 members (excludes halogenated alkanes) is 2. The fraction of sp³-hybridized carbons (Fsp3) is 0.600. The number of rotatable bonds is 7. The van der Waals surface area contributed by atoms with Crippen LogP contribution in [-0.2, 0) is 14.3 Å². The molecule has 1 saturated carbocycles. The lowest BCUT2D eigenvalue weighted by atomic mass is 9.79. The van der Waals surface area contributed by atoms with Crippen LogP contribution in [0.1, 0.15) is 67.8 Å². The summed E-state index contributed by atoms with van der Waals surface area (Å²) in [4.78, 5) is 25.1. The summed E-state index contributed by atoms with van der Waals surface area (Å²) in [6.07, 6.45) is 5.76. The zero-order chi connectivity index (χ0) is 17.6. The van der Waals surface area contributed by atoms with Crippen LogP contribution in [0.5, 0.6) is 0 Å². The molecule has 0 saturated heterocycles. The number of benzene rings is 1. The Morgan fingerprint density at radius 3 is 2.67 bits per heavy atom. The van der Waals surface area contributed by atoms with E-state index in [1.165, 1.54) is 7.11 Å². The molecule has 4 heteroatoms. The van der Waals surface area contributed by atoms with Crippen LogP contribution in [0, 0.1) is 12.3 Å². The van der Waals surface area contributed by atoms with Crippen molar-refractivity contribution in [3.05, 3.63) is 35.4 Å². The van der Waals surface area contributed by atoms with Gasteiger partial charge in [-0.2, -0.15) is 0 Å². The van der Waals surface area contributed by atoms with Gasteiger partial charge in [0.05, 0.1) is 12.7 Å².